The van der Waals surface area contributed by atoms with E-state index in [9.17, 15) is 19.2 Å². The van der Waals surface area contributed by atoms with Gasteiger partial charge in [-0.15, -0.1) is 0 Å². The summed E-state index contributed by atoms with van der Waals surface area (Å²) in [6, 6.07) is 9.44. The zero-order valence-corrected chi connectivity index (χ0v) is 14.2. The normalized spacial score (nSPS) is 10.3. The Bertz CT molecular complexity index is 852. The van der Waals surface area contributed by atoms with Crippen molar-refractivity contribution < 1.29 is 19.1 Å². The van der Waals surface area contributed by atoms with Gasteiger partial charge in [0.15, 0.2) is 17.3 Å². The number of aldehydes is 1. The van der Waals surface area contributed by atoms with Gasteiger partial charge in [0.1, 0.15) is 12.0 Å². The largest absolute Gasteiger partial charge is 0.491 e. The molecule has 0 unspecified atom stereocenters. The first-order valence-corrected chi connectivity index (χ1v) is 7.82. The zero-order valence-electron chi connectivity index (χ0n) is 14.2. The van der Waals surface area contributed by atoms with E-state index in [2.05, 4.69) is 0 Å². The first kappa shape index (κ1) is 18.3. The highest BCUT2D eigenvalue weighted by atomic mass is 16.5. The fraction of sp³-hybridized carbons (Fsp3) is 0.263. The molecule has 0 aliphatic heterocycles. The number of nitrogens with zero attached hydrogens (tertiary/aromatic N) is 1. The molecule has 1 aromatic carbocycles. The molecule has 0 aliphatic rings. The molecule has 0 spiro atoms. The first-order valence-electron chi connectivity index (χ1n) is 7.82. The van der Waals surface area contributed by atoms with E-state index in [1.165, 1.54) is 24.8 Å². The van der Waals surface area contributed by atoms with Crippen LogP contribution >= 0.6 is 0 Å². The highest BCUT2D eigenvalue weighted by molar-refractivity contribution is 5.99. The highest BCUT2D eigenvalue weighted by Gasteiger charge is 2.22. The van der Waals surface area contributed by atoms with E-state index < -0.39 is 11.2 Å². The molecule has 0 saturated carbocycles. The van der Waals surface area contributed by atoms with Crippen LogP contribution in [0.2, 0.25) is 0 Å². The van der Waals surface area contributed by atoms with Gasteiger partial charge in [0.05, 0.1) is 19.2 Å². The van der Waals surface area contributed by atoms with Gasteiger partial charge in [-0.25, -0.2) is 0 Å². The van der Waals surface area contributed by atoms with Crippen molar-refractivity contribution in [3.63, 3.8) is 0 Å². The molecule has 0 atom stereocenters. The second-order valence-electron chi connectivity index (χ2n) is 5.54. The molecular weight excluding hydrogens is 322 g/mol. The molecule has 1 aromatic heterocycles. The standard InChI is InChI=1S/C19H19NO5/c1-13(22)17-19(25-2)18(24)15(12-20(17)10-11-21)16(23)9-8-14-6-4-3-5-7-14/h3-7,11-12H,8-10H2,1-2H3. The second kappa shape index (κ2) is 8.19. The Kier molecular flexibility index (Phi) is 6.00. The van der Waals surface area contributed by atoms with Crippen molar-refractivity contribution in [2.24, 2.45) is 0 Å². The lowest BCUT2D eigenvalue weighted by Gasteiger charge is -2.14. The SMILES string of the molecule is COc1c(C(C)=O)n(CC=O)cc(C(=O)CCc2ccccc2)c1=O. The van der Waals surface area contributed by atoms with E-state index in [0.29, 0.717) is 12.7 Å². The number of ketones is 2. The number of carbonyl (C=O) groups excluding carboxylic acids is 3. The average molecular weight is 341 g/mol. The van der Waals surface area contributed by atoms with Gasteiger partial charge in [0.2, 0.25) is 5.43 Å². The van der Waals surface area contributed by atoms with Crippen LogP contribution in [-0.2, 0) is 17.8 Å². The number of Topliss-reactive ketones (excluding diaryl/α,β-unsaturated/α-hetero) is 2. The molecule has 6 heteroatoms. The van der Waals surface area contributed by atoms with Gasteiger partial charge < -0.3 is 14.1 Å². The Morgan fingerprint density at radius 2 is 1.88 bits per heavy atom. The third-order valence-corrected chi connectivity index (χ3v) is 3.83. The lowest BCUT2D eigenvalue weighted by atomic mass is 10.0. The summed E-state index contributed by atoms with van der Waals surface area (Å²) < 4.78 is 6.34. The minimum Gasteiger partial charge on any atom is -0.491 e. The van der Waals surface area contributed by atoms with Crippen LogP contribution in [0.4, 0.5) is 0 Å². The lowest BCUT2D eigenvalue weighted by Crippen LogP contribution is -2.25. The summed E-state index contributed by atoms with van der Waals surface area (Å²) in [4.78, 5) is 47.8. The molecule has 130 valence electrons. The monoisotopic (exact) mass is 341 g/mol. The number of benzene rings is 1. The molecule has 0 N–H and O–H groups in total. The third kappa shape index (κ3) is 4.09. The fourth-order valence-corrected chi connectivity index (χ4v) is 2.65. The Labute approximate surface area is 145 Å². The predicted octanol–water partition coefficient (Wildman–Crippen LogP) is 2.07. The summed E-state index contributed by atoms with van der Waals surface area (Å²) >= 11 is 0. The maximum Gasteiger partial charge on any atom is 0.234 e. The molecule has 1 heterocycles. The number of aromatic nitrogens is 1. The molecule has 2 rings (SSSR count). The molecule has 25 heavy (non-hydrogen) atoms. The van der Waals surface area contributed by atoms with Gasteiger partial charge in [0, 0.05) is 19.5 Å². The van der Waals surface area contributed by atoms with Crippen LogP contribution in [-0.4, -0.2) is 29.5 Å². The predicted molar refractivity (Wildman–Crippen MR) is 92.4 cm³/mol. The molecule has 0 aliphatic carbocycles. The molecular formula is C19H19NO5. The quantitative estimate of drug-likeness (QED) is 0.542. The summed E-state index contributed by atoms with van der Waals surface area (Å²) in [6.45, 7) is 1.13. The minimum atomic E-state index is -0.632. The second-order valence-corrected chi connectivity index (χ2v) is 5.54. The van der Waals surface area contributed by atoms with Gasteiger partial charge in [-0.2, -0.15) is 0 Å². The average Bonchev–Trinajstić information content (AvgIpc) is 2.61. The fourth-order valence-electron chi connectivity index (χ4n) is 2.65. The summed E-state index contributed by atoms with van der Waals surface area (Å²) in [5, 5.41) is 0. The Morgan fingerprint density at radius 3 is 2.44 bits per heavy atom. The van der Waals surface area contributed by atoms with Crippen LogP contribution < -0.4 is 10.2 Å². The van der Waals surface area contributed by atoms with Crippen molar-refractivity contribution in [3.8, 4) is 5.75 Å². The number of aryl methyl sites for hydroxylation is 1. The van der Waals surface area contributed by atoms with Gasteiger partial charge in [-0.1, -0.05) is 30.3 Å². The van der Waals surface area contributed by atoms with Gasteiger partial charge in [-0.05, 0) is 12.0 Å². The highest BCUT2D eigenvalue weighted by Crippen LogP contribution is 2.17. The minimum absolute atomic E-state index is 0.0146. The van der Waals surface area contributed by atoms with E-state index in [-0.39, 0.29) is 35.8 Å². The first-order chi connectivity index (χ1) is 12.0. The Balaban J connectivity index is 2.41. The molecule has 2 aromatic rings. The Morgan fingerprint density at radius 1 is 1.20 bits per heavy atom. The van der Waals surface area contributed by atoms with E-state index in [4.69, 9.17) is 4.74 Å². The summed E-state index contributed by atoms with van der Waals surface area (Å²) in [5.41, 5.74) is 0.253. The molecule has 0 radical (unpaired) electrons. The molecule has 0 amide bonds. The van der Waals surface area contributed by atoms with Crippen LogP contribution in [0, 0.1) is 0 Å². The number of rotatable bonds is 8. The Hall–Kier alpha value is -3.02. The van der Waals surface area contributed by atoms with Crippen molar-refractivity contribution in [1.29, 1.82) is 0 Å². The van der Waals surface area contributed by atoms with Crippen molar-refractivity contribution in [3.05, 3.63) is 63.6 Å². The van der Waals surface area contributed by atoms with E-state index in [0.717, 1.165) is 5.56 Å². The number of pyridine rings is 1. The van der Waals surface area contributed by atoms with Gasteiger partial charge in [0.25, 0.3) is 0 Å². The van der Waals surface area contributed by atoms with Crippen molar-refractivity contribution in [1.82, 2.24) is 4.57 Å². The molecule has 0 saturated heterocycles. The van der Waals surface area contributed by atoms with Crippen LogP contribution in [0.25, 0.3) is 0 Å². The summed E-state index contributed by atoms with van der Waals surface area (Å²) in [5.74, 6) is -0.985. The van der Waals surface area contributed by atoms with Gasteiger partial charge in [-0.3, -0.25) is 14.4 Å². The van der Waals surface area contributed by atoms with Crippen LogP contribution in [0.5, 0.6) is 5.75 Å². The number of ether oxygens (including phenoxy) is 1. The maximum absolute atomic E-state index is 12.5. The number of methoxy groups -OCH3 is 1. The van der Waals surface area contributed by atoms with Crippen molar-refractivity contribution in [2.75, 3.05) is 7.11 Å². The summed E-state index contributed by atoms with van der Waals surface area (Å²) in [7, 11) is 1.26. The number of hydrogen-bond donors (Lipinski definition) is 0. The van der Waals surface area contributed by atoms with E-state index >= 15 is 0 Å². The summed E-state index contributed by atoms with van der Waals surface area (Å²) in [6.07, 6.45) is 2.49. The maximum atomic E-state index is 12.5. The molecule has 0 fully saturated rings. The van der Waals surface area contributed by atoms with Gasteiger partial charge >= 0.3 is 0 Å². The van der Waals surface area contributed by atoms with Crippen LogP contribution in [0.3, 0.4) is 0 Å². The van der Waals surface area contributed by atoms with Crippen LogP contribution in [0.1, 0.15) is 39.8 Å². The third-order valence-electron chi connectivity index (χ3n) is 3.83. The van der Waals surface area contributed by atoms with Crippen LogP contribution in [0.15, 0.2) is 41.3 Å². The smallest absolute Gasteiger partial charge is 0.234 e. The van der Waals surface area contributed by atoms with E-state index in [1.807, 2.05) is 30.3 Å². The molecule has 0 bridgehead atoms. The van der Waals surface area contributed by atoms with E-state index in [1.54, 1.807) is 0 Å². The molecule has 6 nitrogen and oxygen atoms in total. The van der Waals surface area contributed by atoms with Crippen molar-refractivity contribution in [2.45, 2.75) is 26.3 Å². The topological polar surface area (TPSA) is 82.4 Å². The zero-order chi connectivity index (χ0) is 18.4. The van der Waals surface area contributed by atoms with Crippen molar-refractivity contribution >= 4 is 17.9 Å². The number of carbonyl (C=O) groups is 3. The lowest BCUT2D eigenvalue weighted by molar-refractivity contribution is -0.108. The number of hydrogen-bond acceptors (Lipinski definition) is 5.